The zero-order valence-electron chi connectivity index (χ0n) is 11.2. The van der Waals surface area contributed by atoms with E-state index in [0.717, 1.165) is 10.0 Å². The van der Waals surface area contributed by atoms with Crippen LogP contribution >= 0.6 is 15.9 Å². The molecule has 0 aromatic heterocycles. The molecule has 0 atom stereocenters. The van der Waals surface area contributed by atoms with E-state index in [0.29, 0.717) is 22.7 Å². The highest BCUT2D eigenvalue weighted by Gasteiger charge is 2.13. The van der Waals surface area contributed by atoms with E-state index in [9.17, 15) is 4.79 Å². The molecule has 0 aliphatic rings. The first kappa shape index (κ1) is 14.4. The largest absolute Gasteiger partial charge is 0.496 e. The molecule has 2 aromatic carbocycles. The van der Waals surface area contributed by atoms with Gasteiger partial charge in [-0.25, -0.2) is 0 Å². The van der Waals surface area contributed by atoms with Crippen molar-refractivity contribution in [3.05, 3.63) is 52.0 Å². The van der Waals surface area contributed by atoms with Gasteiger partial charge in [0.25, 0.3) is 5.91 Å². The predicted octanol–water partition coefficient (Wildman–Crippen LogP) is 3.60. The lowest BCUT2D eigenvalue weighted by Crippen LogP contribution is -2.13. The van der Waals surface area contributed by atoms with Gasteiger partial charge in [0, 0.05) is 16.2 Å². The Kier molecular flexibility index (Phi) is 4.29. The highest BCUT2D eigenvalue weighted by atomic mass is 79.9. The smallest absolute Gasteiger partial charge is 0.259 e. The summed E-state index contributed by atoms with van der Waals surface area (Å²) in [5, 5.41) is 2.84. The summed E-state index contributed by atoms with van der Waals surface area (Å²) in [7, 11) is 1.51. The summed E-state index contributed by atoms with van der Waals surface area (Å²) in [6.45, 7) is 1.99. The van der Waals surface area contributed by atoms with Gasteiger partial charge in [-0.05, 0) is 52.7 Å². The molecule has 5 heteroatoms. The number of anilines is 2. The molecule has 2 aromatic rings. The second-order valence-corrected chi connectivity index (χ2v) is 5.25. The van der Waals surface area contributed by atoms with Crippen LogP contribution in [0.2, 0.25) is 0 Å². The molecule has 0 fully saturated rings. The number of methoxy groups -OCH3 is 1. The molecule has 0 heterocycles. The van der Waals surface area contributed by atoms with Crippen LogP contribution in [-0.4, -0.2) is 13.0 Å². The van der Waals surface area contributed by atoms with Gasteiger partial charge in [-0.2, -0.15) is 0 Å². The number of nitrogens with one attached hydrogen (secondary N) is 1. The number of hydrogen-bond donors (Lipinski definition) is 2. The number of nitrogens with two attached hydrogens (primary N) is 1. The third-order valence-corrected chi connectivity index (χ3v) is 3.50. The summed E-state index contributed by atoms with van der Waals surface area (Å²) < 4.78 is 6.02. The van der Waals surface area contributed by atoms with Crippen molar-refractivity contribution >= 4 is 33.2 Å². The minimum Gasteiger partial charge on any atom is -0.496 e. The van der Waals surface area contributed by atoms with Crippen molar-refractivity contribution in [2.24, 2.45) is 0 Å². The van der Waals surface area contributed by atoms with Gasteiger partial charge < -0.3 is 15.8 Å². The summed E-state index contributed by atoms with van der Waals surface area (Å²) in [6.07, 6.45) is 0. The summed E-state index contributed by atoms with van der Waals surface area (Å²) in [6, 6.07) is 10.7. The van der Waals surface area contributed by atoms with Crippen LogP contribution in [0.5, 0.6) is 5.75 Å². The van der Waals surface area contributed by atoms with Crippen LogP contribution in [0.25, 0.3) is 0 Å². The van der Waals surface area contributed by atoms with Crippen LogP contribution in [-0.2, 0) is 0 Å². The SMILES string of the molecule is COc1cc(N)ccc1C(=O)Nc1ccc(C)cc1Br. The minimum absolute atomic E-state index is 0.244. The topological polar surface area (TPSA) is 64.3 Å². The lowest BCUT2D eigenvalue weighted by atomic mass is 10.1. The average Bonchev–Trinajstić information content (AvgIpc) is 2.41. The lowest BCUT2D eigenvalue weighted by molar-refractivity contribution is 0.102. The number of benzene rings is 2. The van der Waals surface area contributed by atoms with E-state index in [4.69, 9.17) is 10.5 Å². The Morgan fingerprint density at radius 3 is 2.65 bits per heavy atom. The van der Waals surface area contributed by atoms with Gasteiger partial charge in [0.15, 0.2) is 0 Å². The van der Waals surface area contributed by atoms with Crippen molar-refractivity contribution in [2.75, 3.05) is 18.2 Å². The first-order valence-electron chi connectivity index (χ1n) is 6.02. The number of amides is 1. The molecule has 3 N–H and O–H groups in total. The van der Waals surface area contributed by atoms with Crippen LogP contribution in [0.15, 0.2) is 40.9 Å². The molecule has 0 radical (unpaired) electrons. The molecule has 0 unspecified atom stereocenters. The number of halogens is 1. The van der Waals surface area contributed by atoms with Crippen molar-refractivity contribution in [2.45, 2.75) is 6.92 Å². The Morgan fingerprint density at radius 1 is 1.25 bits per heavy atom. The number of rotatable bonds is 3. The van der Waals surface area contributed by atoms with Crippen molar-refractivity contribution in [1.82, 2.24) is 0 Å². The number of aryl methyl sites for hydroxylation is 1. The van der Waals surface area contributed by atoms with E-state index in [1.807, 2.05) is 25.1 Å². The van der Waals surface area contributed by atoms with Crippen LogP contribution < -0.4 is 15.8 Å². The van der Waals surface area contributed by atoms with Crippen molar-refractivity contribution in [1.29, 1.82) is 0 Å². The number of ether oxygens (including phenoxy) is 1. The second-order valence-electron chi connectivity index (χ2n) is 4.40. The highest BCUT2D eigenvalue weighted by molar-refractivity contribution is 9.10. The Balaban J connectivity index is 2.28. The molecule has 0 spiro atoms. The minimum atomic E-state index is -0.244. The maximum absolute atomic E-state index is 12.3. The lowest BCUT2D eigenvalue weighted by Gasteiger charge is -2.11. The van der Waals surface area contributed by atoms with Crippen molar-refractivity contribution in [3.63, 3.8) is 0 Å². The standard InChI is InChI=1S/C15H15BrN2O2/c1-9-3-6-13(12(16)7-9)18-15(19)11-5-4-10(17)8-14(11)20-2/h3-8H,17H2,1-2H3,(H,18,19). The molecule has 20 heavy (non-hydrogen) atoms. The third kappa shape index (κ3) is 3.11. The van der Waals surface area contributed by atoms with Crippen molar-refractivity contribution < 1.29 is 9.53 Å². The molecule has 0 saturated carbocycles. The van der Waals surface area contributed by atoms with E-state index in [1.165, 1.54) is 7.11 Å². The normalized spacial score (nSPS) is 10.2. The number of carbonyl (C=O) groups is 1. The summed E-state index contributed by atoms with van der Waals surface area (Å²) in [5.74, 6) is 0.206. The van der Waals surface area contributed by atoms with E-state index < -0.39 is 0 Å². The third-order valence-electron chi connectivity index (χ3n) is 2.84. The quantitative estimate of drug-likeness (QED) is 0.843. The van der Waals surface area contributed by atoms with Crippen molar-refractivity contribution in [3.8, 4) is 5.75 Å². The number of carbonyl (C=O) groups excluding carboxylic acids is 1. The fourth-order valence-electron chi connectivity index (χ4n) is 1.81. The monoisotopic (exact) mass is 334 g/mol. The molecular weight excluding hydrogens is 320 g/mol. The van der Waals surface area contributed by atoms with Crippen LogP contribution in [0.4, 0.5) is 11.4 Å². The van der Waals surface area contributed by atoms with E-state index in [1.54, 1.807) is 18.2 Å². The molecular formula is C15H15BrN2O2. The van der Waals surface area contributed by atoms with Crippen LogP contribution in [0, 0.1) is 6.92 Å². The zero-order chi connectivity index (χ0) is 14.7. The van der Waals surface area contributed by atoms with Gasteiger partial charge in [0.2, 0.25) is 0 Å². The highest BCUT2D eigenvalue weighted by Crippen LogP contribution is 2.26. The van der Waals surface area contributed by atoms with Gasteiger partial charge in [-0.1, -0.05) is 6.07 Å². The maximum Gasteiger partial charge on any atom is 0.259 e. The Labute approximate surface area is 126 Å². The number of hydrogen-bond acceptors (Lipinski definition) is 3. The average molecular weight is 335 g/mol. The molecule has 104 valence electrons. The van der Waals surface area contributed by atoms with E-state index >= 15 is 0 Å². The van der Waals surface area contributed by atoms with Crippen LogP contribution in [0.3, 0.4) is 0 Å². The van der Waals surface area contributed by atoms with E-state index in [2.05, 4.69) is 21.2 Å². The molecule has 4 nitrogen and oxygen atoms in total. The molecule has 0 aliphatic carbocycles. The van der Waals surface area contributed by atoms with Gasteiger partial charge in [-0.15, -0.1) is 0 Å². The van der Waals surface area contributed by atoms with E-state index in [-0.39, 0.29) is 5.91 Å². The molecule has 0 aliphatic heterocycles. The first-order valence-corrected chi connectivity index (χ1v) is 6.81. The zero-order valence-corrected chi connectivity index (χ0v) is 12.8. The predicted molar refractivity (Wildman–Crippen MR) is 84.2 cm³/mol. The first-order chi connectivity index (χ1) is 9.51. The Hall–Kier alpha value is -2.01. The maximum atomic E-state index is 12.3. The molecule has 1 amide bonds. The Morgan fingerprint density at radius 2 is 2.00 bits per heavy atom. The van der Waals surface area contributed by atoms with Crippen LogP contribution in [0.1, 0.15) is 15.9 Å². The summed E-state index contributed by atoms with van der Waals surface area (Å²) in [5.41, 5.74) is 8.49. The fourth-order valence-corrected chi connectivity index (χ4v) is 2.40. The Bertz CT molecular complexity index is 656. The molecule has 0 saturated heterocycles. The van der Waals surface area contributed by atoms with Gasteiger partial charge in [0.05, 0.1) is 18.4 Å². The second kappa shape index (κ2) is 5.96. The number of nitrogen functional groups attached to an aromatic ring is 1. The summed E-state index contributed by atoms with van der Waals surface area (Å²) in [4.78, 5) is 12.3. The van der Waals surface area contributed by atoms with Gasteiger partial charge in [0.1, 0.15) is 5.75 Å². The fraction of sp³-hybridized carbons (Fsp3) is 0.133. The summed E-state index contributed by atoms with van der Waals surface area (Å²) >= 11 is 3.43. The molecule has 0 bridgehead atoms. The molecule has 2 rings (SSSR count). The van der Waals surface area contributed by atoms with Gasteiger partial charge >= 0.3 is 0 Å². The van der Waals surface area contributed by atoms with Gasteiger partial charge in [-0.3, -0.25) is 4.79 Å².